The second-order valence-electron chi connectivity index (χ2n) is 3.52. The van der Waals surface area contributed by atoms with Crippen molar-refractivity contribution < 1.29 is 30.0 Å². The molecule has 6 heteroatoms. The molecule has 4 N–H and O–H groups in total. The van der Waals surface area contributed by atoms with Crippen LogP contribution in [0.4, 0.5) is 0 Å². The van der Waals surface area contributed by atoms with Gasteiger partial charge < -0.3 is 20.4 Å². The molecule has 0 aliphatic rings. The fourth-order valence-corrected chi connectivity index (χ4v) is 0.0500. The average molecular weight is 224 g/mol. The number of carbonyl (C=O) groups is 2. The molecule has 0 bridgehead atoms. The molecule has 0 aromatic carbocycles. The first-order valence-electron chi connectivity index (χ1n) is 4.20. The maximum Gasteiger partial charge on any atom is 0.300 e. The second-order valence-corrected chi connectivity index (χ2v) is 3.52. The molecule has 0 atom stereocenters. The third-order valence-corrected chi connectivity index (χ3v) is 0.856. The van der Waals surface area contributed by atoms with E-state index >= 15 is 0 Å². The third kappa shape index (κ3) is 64.2. The predicted octanol–water partition coefficient (Wildman–Crippen LogP) is 0.179. The van der Waals surface area contributed by atoms with Crippen LogP contribution in [0.3, 0.4) is 0 Å². The molecule has 0 radical (unpaired) electrons. The van der Waals surface area contributed by atoms with Gasteiger partial charge >= 0.3 is 0 Å². The Morgan fingerprint density at radius 1 is 0.933 bits per heavy atom. The van der Waals surface area contributed by atoms with Crippen molar-refractivity contribution in [2.45, 2.75) is 27.7 Å². The highest BCUT2D eigenvalue weighted by atomic mass is 16.4. The van der Waals surface area contributed by atoms with Gasteiger partial charge in [-0.2, -0.15) is 0 Å². The lowest BCUT2D eigenvalue weighted by molar-refractivity contribution is -0.135. The molecule has 15 heavy (non-hydrogen) atoms. The molecule has 0 amide bonds. The summed E-state index contributed by atoms with van der Waals surface area (Å²) < 4.78 is 0. The Balaban J connectivity index is -0.000000155. The van der Waals surface area contributed by atoms with E-state index < -0.39 is 11.9 Å². The van der Waals surface area contributed by atoms with Crippen LogP contribution < -0.4 is 0 Å². The Kier molecular flexibility index (Phi) is 14.2. The van der Waals surface area contributed by atoms with Crippen LogP contribution in [-0.2, 0) is 9.59 Å². The predicted molar refractivity (Wildman–Crippen MR) is 54.6 cm³/mol. The lowest BCUT2D eigenvalue weighted by atomic mass is 9.97. The average Bonchev–Trinajstić information content (AvgIpc) is 2.02. The van der Waals surface area contributed by atoms with Crippen LogP contribution >= 0.6 is 0 Å². The molecule has 0 aliphatic heterocycles. The maximum absolute atomic E-state index is 9.00. The lowest BCUT2D eigenvalue weighted by Crippen LogP contribution is -2.20. The van der Waals surface area contributed by atoms with Crippen LogP contribution in [0.25, 0.3) is 0 Å². The molecule has 0 saturated heterocycles. The number of hydrogen-bond donors (Lipinski definition) is 4. The Labute approximate surface area is 89.2 Å². The maximum atomic E-state index is 9.00. The first-order chi connectivity index (χ1) is 6.59. The summed E-state index contributed by atoms with van der Waals surface area (Å²) in [6.07, 6.45) is 0. The summed E-state index contributed by atoms with van der Waals surface area (Å²) in [4.78, 5) is 18.0. The van der Waals surface area contributed by atoms with Crippen LogP contribution in [0, 0.1) is 5.41 Å². The second kappa shape index (κ2) is 10.9. The van der Waals surface area contributed by atoms with Crippen molar-refractivity contribution in [1.29, 1.82) is 0 Å². The molecule has 0 spiro atoms. The molecule has 0 aromatic rings. The van der Waals surface area contributed by atoms with Crippen LogP contribution in [0.15, 0.2) is 0 Å². The molecular formula is C9H20O6. The number of aliphatic carboxylic acids is 2. The van der Waals surface area contributed by atoms with E-state index in [1.807, 2.05) is 0 Å². The Bertz CT molecular complexity index is 149. The standard InChI is InChI=1S/C5H12O2.2C2H4O2/c1-5(2,3-6)4-7;2*1-2(3)4/h6-7H,3-4H2,1-2H3;2*1H3,(H,3,4). The van der Waals surface area contributed by atoms with E-state index in [0.29, 0.717) is 0 Å². The monoisotopic (exact) mass is 224 g/mol. The molecule has 92 valence electrons. The van der Waals surface area contributed by atoms with Crippen molar-refractivity contribution in [2.75, 3.05) is 13.2 Å². The van der Waals surface area contributed by atoms with E-state index in [9.17, 15) is 0 Å². The van der Waals surface area contributed by atoms with Crippen LogP contribution in [0.1, 0.15) is 27.7 Å². The molecule has 0 saturated carbocycles. The van der Waals surface area contributed by atoms with Crippen molar-refractivity contribution in [1.82, 2.24) is 0 Å². The van der Waals surface area contributed by atoms with E-state index in [2.05, 4.69) is 0 Å². The molecule has 0 heterocycles. The number of carboxylic acid groups (broad SMARTS) is 2. The van der Waals surface area contributed by atoms with Gasteiger partial charge in [-0.15, -0.1) is 0 Å². The first kappa shape index (κ1) is 19.4. The van der Waals surface area contributed by atoms with Gasteiger partial charge in [0.15, 0.2) is 0 Å². The zero-order valence-electron chi connectivity index (χ0n) is 9.52. The van der Waals surface area contributed by atoms with Gasteiger partial charge in [0.1, 0.15) is 0 Å². The highest BCUT2D eigenvalue weighted by Gasteiger charge is 2.13. The van der Waals surface area contributed by atoms with E-state index in [1.165, 1.54) is 0 Å². The zero-order valence-corrected chi connectivity index (χ0v) is 9.52. The van der Waals surface area contributed by atoms with E-state index in [1.54, 1.807) is 13.8 Å². The van der Waals surface area contributed by atoms with Crippen LogP contribution in [-0.4, -0.2) is 45.6 Å². The first-order valence-corrected chi connectivity index (χ1v) is 4.20. The Morgan fingerprint density at radius 2 is 1.07 bits per heavy atom. The number of carboxylic acids is 2. The number of rotatable bonds is 2. The highest BCUT2D eigenvalue weighted by Crippen LogP contribution is 2.10. The summed E-state index contributed by atoms with van der Waals surface area (Å²) in [5, 5.41) is 31.7. The van der Waals surface area contributed by atoms with Gasteiger partial charge in [-0.05, 0) is 0 Å². The third-order valence-electron chi connectivity index (χ3n) is 0.856. The normalized spacial score (nSPS) is 8.93. The lowest BCUT2D eigenvalue weighted by Gasteiger charge is -2.16. The molecular weight excluding hydrogens is 204 g/mol. The summed E-state index contributed by atoms with van der Waals surface area (Å²) in [6.45, 7) is 5.85. The van der Waals surface area contributed by atoms with Gasteiger partial charge in [0, 0.05) is 19.3 Å². The SMILES string of the molecule is CC(=O)O.CC(=O)O.CC(C)(CO)CO. The molecule has 0 aliphatic carbocycles. The number of aliphatic hydroxyl groups excluding tert-OH is 2. The highest BCUT2D eigenvalue weighted by molar-refractivity contribution is 5.63. The fourth-order valence-electron chi connectivity index (χ4n) is 0.0500. The largest absolute Gasteiger partial charge is 0.481 e. The molecule has 0 rings (SSSR count). The topological polar surface area (TPSA) is 115 Å². The smallest absolute Gasteiger partial charge is 0.300 e. The van der Waals surface area contributed by atoms with Gasteiger partial charge in [0.25, 0.3) is 11.9 Å². The molecule has 6 nitrogen and oxygen atoms in total. The van der Waals surface area contributed by atoms with Crippen molar-refractivity contribution >= 4 is 11.9 Å². The van der Waals surface area contributed by atoms with Gasteiger partial charge in [0.05, 0.1) is 13.2 Å². The van der Waals surface area contributed by atoms with Crippen molar-refractivity contribution in [3.05, 3.63) is 0 Å². The summed E-state index contributed by atoms with van der Waals surface area (Å²) in [5.41, 5.74) is -0.306. The van der Waals surface area contributed by atoms with Gasteiger partial charge in [-0.3, -0.25) is 9.59 Å². The Morgan fingerprint density at radius 3 is 1.07 bits per heavy atom. The minimum Gasteiger partial charge on any atom is -0.481 e. The molecule has 0 fully saturated rings. The van der Waals surface area contributed by atoms with Crippen molar-refractivity contribution in [3.8, 4) is 0 Å². The summed E-state index contributed by atoms with van der Waals surface area (Å²) in [7, 11) is 0. The fraction of sp³-hybridized carbons (Fsp3) is 0.778. The Hall–Kier alpha value is -1.14. The minimum absolute atomic E-state index is 0.0451. The van der Waals surface area contributed by atoms with Crippen molar-refractivity contribution in [3.63, 3.8) is 0 Å². The van der Waals surface area contributed by atoms with Crippen molar-refractivity contribution in [2.24, 2.45) is 5.41 Å². The van der Waals surface area contributed by atoms with E-state index in [4.69, 9.17) is 30.0 Å². The van der Waals surface area contributed by atoms with Gasteiger partial charge in [0.2, 0.25) is 0 Å². The number of hydrogen-bond acceptors (Lipinski definition) is 4. The summed E-state index contributed by atoms with van der Waals surface area (Å²) in [5.74, 6) is -1.67. The zero-order chi connectivity index (χ0) is 13.1. The van der Waals surface area contributed by atoms with Gasteiger partial charge in [-0.25, -0.2) is 0 Å². The van der Waals surface area contributed by atoms with Gasteiger partial charge in [-0.1, -0.05) is 13.8 Å². The van der Waals surface area contributed by atoms with E-state index in [0.717, 1.165) is 13.8 Å². The minimum atomic E-state index is -0.833. The molecule has 0 unspecified atom stereocenters. The molecule has 0 aromatic heterocycles. The quantitative estimate of drug-likeness (QED) is 0.532. The van der Waals surface area contributed by atoms with Crippen LogP contribution in [0.2, 0.25) is 0 Å². The van der Waals surface area contributed by atoms with Crippen LogP contribution in [0.5, 0.6) is 0 Å². The summed E-state index contributed by atoms with van der Waals surface area (Å²) >= 11 is 0. The summed E-state index contributed by atoms with van der Waals surface area (Å²) in [6, 6.07) is 0. The number of aliphatic hydroxyl groups is 2. The van der Waals surface area contributed by atoms with E-state index in [-0.39, 0.29) is 18.6 Å².